The first-order valence-corrected chi connectivity index (χ1v) is 7.73. The molecule has 3 rings (SSSR count). The van der Waals surface area contributed by atoms with Gasteiger partial charge in [-0.15, -0.1) is 11.3 Å². The van der Waals surface area contributed by atoms with Crippen molar-refractivity contribution in [3.05, 3.63) is 65.0 Å². The van der Waals surface area contributed by atoms with Crippen LogP contribution in [-0.4, -0.2) is 4.98 Å². The molecule has 0 saturated heterocycles. The number of aromatic nitrogens is 1. The summed E-state index contributed by atoms with van der Waals surface area (Å²) in [7, 11) is 0. The molecule has 0 unspecified atom stereocenters. The molecule has 0 fully saturated rings. The average molecular weight is 279 g/mol. The molecule has 0 aliphatic rings. The fraction of sp³-hybridized carbons (Fsp3) is 0.167. The Balaban J connectivity index is 1.89. The summed E-state index contributed by atoms with van der Waals surface area (Å²) >= 11 is 1.74. The second-order valence-electron chi connectivity index (χ2n) is 5.17. The molecule has 1 aromatic heterocycles. The standard InChI is InChI=1S/C18H17NS/c1-13(2)18-19-17(12-20-18)16-10-8-15(9-11-16)14-6-4-3-5-7-14/h3-13H,1-2H3. The first-order chi connectivity index (χ1) is 9.74. The molecule has 0 atom stereocenters. The molecule has 2 aromatic carbocycles. The van der Waals surface area contributed by atoms with E-state index < -0.39 is 0 Å². The summed E-state index contributed by atoms with van der Waals surface area (Å²) in [6, 6.07) is 19.1. The quantitative estimate of drug-likeness (QED) is 0.608. The summed E-state index contributed by atoms with van der Waals surface area (Å²) in [5.41, 5.74) is 4.76. The van der Waals surface area contributed by atoms with E-state index in [0.717, 1.165) is 5.69 Å². The van der Waals surface area contributed by atoms with Gasteiger partial charge < -0.3 is 0 Å². The number of hydrogen-bond donors (Lipinski definition) is 0. The van der Waals surface area contributed by atoms with Crippen molar-refractivity contribution in [2.45, 2.75) is 19.8 Å². The van der Waals surface area contributed by atoms with Crippen LogP contribution in [0.2, 0.25) is 0 Å². The summed E-state index contributed by atoms with van der Waals surface area (Å²) in [5, 5.41) is 3.35. The molecule has 3 aromatic rings. The minimum Gasteiger partial charge on any atom is -0.241 e. The minimum absolute atomic E-state index is 0.498. The van der Waals surface area contributed by atoms with E-state index in [1.165, 1.54) is 21.7 Å². The molecule has 0 radical (unpaired) electrons. The molecular formula is C18H17NS. The monoisotopic (exact) mass is 279 g/mol. The molecule has 100 valence electrons. The smallest absolute Gasteiger partial charge is 0.0958 e. The lowest BCUT2D eigenvalue weighted by molar-refractivity contribution is 0.853. The summed E-state index contributed by atoms with van der Waals surface area (Å²) < 4.78 is 0. The molecule has 1 heterocycles. The molecular weight excluding hydrogens is 262 g/mol. The van der Waals surface area contributed by atoms with Crippen LogP contribution in [0.15, 0.2) is 60.0 Å². The van der Waals surface area contributed by atoms with Crippen LogP contribution in [0, 0.1) is 0 Å². The number of benzene rings is 2. The zero-order chi connectivity index (χ0) is 13.9. The van der Waals surface area contributed by atoms with Gasteiger partial charge in [0.2, 0.25) is 0 Å². The lowest BCUT2D eigenvalue weighted by Gasteiger charge is -2.03. The third-order valence-corrected chi connectivity index (χ3v) is 4.45. The third-order valence-electron chi connectivity index (χ3n) is 3.30. The second kappa shape index (κ2) is 5.59. The van der Waals surface area contributed by atoms with Crippen molar-refractivity contribution >= 4 is 11.3 Å². The Labute approximate surface area is 124 Å². The van der Waals surface area contributed by atoms with E-state index in [1.54, 1.807) is 11.3 Å². The van der Waals surface area contributed by atoms with Crippen LogP contribution in [0.5, 0.6) is 0 Å². The highest BCUT2D eigenvalue weighted by molar-refractivity contribution is 7.10. The van der Waals surface area contributed by atoms with Gasteiger partial charge in [-0.1, -0.05) is 68.4 Å². The molecule has 2 heteroatoms. The van der Waals surface area contributed by atoms with Crippen LogP contribution in [0.4, 0.5) is 0 Å². The molecule has 0 bridgehead atoms. The summed E-state index contributed by atoms with van der Waals surface area (Å²) in [4.78, 5) is 4.70. The molecule has 0 aliphatic heterocycles. The number of hydrogen-bond acceptors (Lipinski definition) is 2. The van der Waals surface area contributed by atoms with Gasteiger partial charge in [-0.25, -0.2) is 4.98 Å². The van der Waals surface area contributed by atoms with Gasteiger partial charge in [-0.3, -0.25) is 0 Å². The zero-order valence-electron chi connectivity index (χ0n) is 11.7. The first-order valence-electron chi connectivity index (χ1n) is 6.85. The second-order valence-corrected chi connectivity index (χ2v) is 6.06. The van der Waals surface area contributed by atoms with Crippen molar-refractivity contribution in [1.82, 2.24) is 4.98 Å². The Morgan fingerprint density at radius 3 is 2.00 bits per heavy atom. The predicted octanol–water partition coefficient (Wildman–Crippen LogP) is 5.60. The van der Waals surface area contributed by atoms with Gasteiger partial charge in [0.1, 0.15) is 0 Å². The third kappa shape index (κ3) is 2.66. The topological polar surface area (TPSA) is 12.9 Å². The van der Waals surface area contributed by atoms with Gasteiger partial charge in [0, 0.05) is 16.9 Å². The van der Waals surface area contributed by atoms with Crippen molar-refractivity contribution in [2.24, 2.45) is 0 Å². The Hall–Kier alpha value is -1.93. The van der Waals surface area contributed by atoms with E-state index in [1.807, 2.05) is 6.07 Å². The number of rotatable bonds is 3. The molecule has 0 aliphatic carbocycles. The number of thiazole rings is 1. The van der Waals surface area contributed by atoms with Crippen molar-refractivity contribution < 1.29 is 0 Å². The maximum absolute atomic E-state index is 4.70. The van der Waals surface area contributed by atoms with E-state index >= 15 is 0 Å². The lowest BCUT2D eigenvalue weighted by atomic mass is 10.0. The Morgan fingerprint density at radius 2 is 1.40 bits per heavy atom. The number of nitrogens with zero attached hydrogens (tertiary/aromatic N) is 1. The van der Waals surface area contributed by atoms with Crippen molar-refractivity contribution in [2.75, 3.05) is 0 Å². The highest BCUT2D eigenvalue weighted by Crippen LogP contribution is 2.28. The largest absolute Gasteiger partial charge is 0.241 e. The maximum Gasteiger partial charge on any atom is 0.0958 e. The van der Waals surface area contributed by atoms with E-state index in [4.69, 9.17) is 4.98 Å². The Bertz CT molecular complexity index is 681. The molecule has 0 saturated carbocycles. The molecule has 20 heavy (non-hydrogen) atoms. The van der Waals surface area contributed by atoms with Crippen LogP contribution in [0.25, 0.3) is 22.4 Å². The van der Waals surface area contributed by atoms with E-state index in [0.29, 0.717) is 5.92 Å². The van der Waals surface area contributed by atoms with Crippen LogP contribution >= 0.6 is 11.3 Å². The highest BCUT2D eigenvalue weighted by Gasteiger charge is 2.07. The van der Waals surface area contributed by atoms with E-state index in [9.17, 15) is 0 Å². The lowest BCUT2D eigenvalue weighted by Crippen LogP contribution is -1.85. The van der Waals surface area contributed by atoms with Gasteiger partial charge in [0.15, 0.2) is 0 Å². The predicted molar refractivity (Wildman–Crippen MR) is 87.1 cm³/mol. The Morgan fingerprint density at radius 1 is 0.800 bits per heavy atom. The van der Waals surface area contributed by atoms with Crippen LogP contribution < -0.4 is 0 Å². The average Bonchev–Trinajstić information content (AvgIpc) is 2.98. The zero-order valence-corrected chi connectivity index (χ0v) is 12.5. The van der Waals surface area contributed by atoms with Gasteiger partial charge >= 0.3 is 0 Å². The van der Waals surface area contributed by atoms with E-state index in [-0.39, 0.29) is 0 Å². The molecule has 1 nitrogen and oxygen atoms in total. The van der Waals surface area contributed by atoms with Crippen LogP contribution in [0.3, 0.4) is 0 Å². The van der Waals surface area contributed by atoms with Gasteiger partial charge in [0.05, 0.1) is 10.7 Å². The van der Waals surface area contributed by atoms with Crippen LogP contribution in [-0.2, 0) is 0 Å². The Kier molecular flexibility index (Phi) is 3.66. The highest BCUT2D eigenvalue weighted by atomic mass is 32.1. The fourth-order valence-corrected chi connectivity index (χ4v) is 2.99. The summed E-state index contributed by atoms with van der Waals surface area (Å²) in [6.07, 6.45) is 0. The fourth-order valence-electron chi connectivity index (χ4n) is 2.15. The van der Waals surface area contributed by atoms with Crippen molar-refractivity contribution in [1.29, 1.82) is 0 Å². The molecule has 0 amide bonds. The van der Waals surface area contributed by atoms with Crippen LogP contribution in [0.1, 0.15) is 24.8 Å². The van der Waals surface area contributed by atoms with Crippen molar-refractivity contribution in [3.8, 4) is 22.4 Å². The first kappa shape index (κ1) is 13.1. The minimum atomic E-state index is 0.498. The SMILES string of the molecule is CC(C)c1nc(-c2ccc(-c3ccccc3)cc2)cs1. The summed E-state index contributed by atoms with van der Waals surface area (Å²) in [6.45, 7) is 4.36. The van der Waals surface area contributed by atoms with Gasteiger partial charge in [0.25, 0.3) is 0 Å². The van der Waals surface area contributed by atoms with Gasteiger partial charge in [-0.2, -0.15) is 0 Å². The van der Waals surface area contributed by atoms with Gasteiger partial charge in [-0.05, 0) is 11.1 Å². The molecule has 0 spiro atoms. The molecule has 0 N–H and O–H groups in total. The normalized spacial score (nSPS) is 10.9. The maximum atomic E-state index is 4.70. The summed E-state index contributed by atoms with van der Waals surface area (Å²) in [5.74, 6) is 0.498. The van der Waals surface area contributed by atoms with E-state index in [2.05, 4.69) is 67.8 Å². The van der Waals surface area contributed by atoms with Crippen molar-refractivity contribution in [3.63, 3.8) is 0 Å².